The molecule has 2 N–H and O–H groups in total. The van der Waals surface area contributed by atoms with Crippen LogP contribution in [0.1, 0.15) is 34.0 Å². The normalized spacial score (nSPS) is 11.4. The Morgan fingerprint density at radius 1 is 0.867 bits per heavy atom. The Morgan fingerprint density at radius 3 is 2.20 bits per heavy atom. The Balaban J connectivity index is 1.67. The second kappa shape index (κ2) is 9.74. The summed E-state index contributed by atoms with van der Waals surface area (Å²) in [7, 11) is 0. The van der Waals surface area contributed by atoms with Crippen LogP contribution >= 0.6 is 0 Å². The van der Waals surface area contributed by atoms with Crippen molar-refractivity contribution in [2.45, 2.75) is 33.4 Å². The van der Waals surface area contributed by atoms with Crippen molar-refractivity contribution < 1.29 is 14.3 Å². The maximum Gasteiger partial charge on any atom is 0.265 e. The van der Waals surface area contributed by atoms with E-state index < -0.39 is 6.10 Å². The Labute approximate surface area is 177 Å². The van der Waals surface area contributed by atoms with Crippen LogP contribution in [0.15, 0.2) is 72.8 Å². The van der Waals surface area contributed by atoms with Gasteiger partial charge in [0, 0.05) is 6.54 Å². The predicted octanol–water partition coefficient (Wildman–Crippen LogP) is 4.64. The molecule has 0 aliphatic heterocycles. The summed E-state index contributed by atoms with van der Waals surface area (Å²) in [6.07, 6.45) is -0.717. The van der Waals surface area contributed by atoms with Gasteiger partial charge in [-0.2, -0.15) is 0 Å². The Hall–Kier alpha value is -3.60. The second-order valence-electron chi connectivity index (χ2n) is 7.18. The molecule has 2 amide bonds. The predicted molar refractivity (Wildman–Crippen MR) is 119 cm³/mol. The molecule has 3 aromatic rings. The number of para-hydroxylation sites is 2. The van der Waals surface area contributed by atoms with E-state index in [1.807, 2.05) is 62.4 Å². The monoisotopic (exact) mass is 402 g/mol. The first-order valence-electron chi connectivity index (χ1n) is 9.90. The van der Waals surface area contributed by atoms with Crippen LogP contribution in [0.4, 0.5) is 5.69 Å². The van der Waals surface area contributed by atoms with Crippen LogP contribution in [0.2, 0.25) is 0 Å². The molecule has 30 heavy (non-hydrogen) atoms. The van der Waals surface area contributed by atoms with Crippen molar-refractivity contribution in [3.8, 4) is 5.75 Å². The molecule has 5 nitrogen and oxygen atoms in total. The lowest BCUT2D eigenvalue weighted by atomic mass is 10.1. The fraction of sp³-hybridized carbons (Fsp3) is 0.200. The third-order valence-electron chi connectivity index (χ3n) is 4.80. The van der Waals surface area contributed by atoms with Gasteiger partial charge in [0.2, 0.25) is 0 Å². The molecule has 5 heteroatoms. The van der Waals surface area contributed by atoms with Crippen LogP contribution in [0.5, 0.6) is 5.75 Å². The van der Waals surface area contributed by atoms with Gasteiger partial charge in [-0.1, -0.05) is 60.7 Å². The molecule has 3 aromatic carbocycles. The molecule has 0 radical (unpaired) electrons. The lowest BCUT2D eigenvalue weighted by molar-refractivity contribution is -0.122. The molecule has 3 rings (SSSR count). The van der Waals surface area contributed by atoms with Gasteiger partial charge in [-0.25, -0.2) is 0 Å². The van der Waals surface area contributed by atoms with Gasteiger partial charge in [0.05, 0.1) is 11.3 Å². The van der Waals surface area contributed by atoms with Crippen LogP contribution in [0.25, 0.3) is 0 Å². The van der Waals surface area contributed by atoms with E-state index in [1.54, 1.807) is 31.2 Å². The molecule has 0 aliphatic carbocycles. The first-order valence-corrected chi connectivity index (χ1v) is 9.90. The van der Waals surface area contributed by atoms with E-state index in [2.05, 4.69) is 10.6 Å². The lowest BCUT2D eigenvalue weighted by Gasteiger charge is -2.19. The molecular weight excluding hydrogens is 376 g/mol. The number of carbonyl (C=O) groups excluding carboxylic acids is 2. The van der Waals surface area contributed by atoms with Gasteiger partial charge in [0.1, 0.15) is 5.75 Å². The van der Waals surface area contributed by atoms with Gasteiger partial charge in [-0.3, -0.25) is 9.59 Å². The van der Waals surface area contributed by atoms with E-state index in [0.29, 0.717) is 23.5 Å². The fourth-order valence-corrected chi connectivity index (χ4v) is 3.11. The number of benzene rings is 3. The highest BCUT2D eigenvalue weighted by Gasteiger charge is 2.19. The molecule has 0 fully saturated rings. The molecular formula is C25H26N2O3. The number of nitrogens with one attached hydrogen (secondary N) is 2. The SMILES string of the molecule is Cc1cccc(C)c1OC(C)C(=O)Nc1ccccc1C(=O)NCc1ccccc1. The van der Waals surface area contributed by atoms with Crippen molar-refractivity contribution in [3.63, 3.8) is 0 Å². The Morgan fingerprint density at radius 2 is 1.50 bits per heavy atom. The number of rotatable bonds is 7. The zero-order valence-electron chi connectivity index (χ0n) is 17.4. The van der Waals surface area contributed by atoms with Crippen LogP contribution in [0, 0.1) is 13.8 Å². The summed E-state index contributed by atoms with van der Waals surface area (Å²) in [5, 5.41) is 5.72. The van der Waals surface area contributed by atoms with E-state index in [1.165, 1.54) is 0 Å². The standard InChI is InChI=1S/C25H26N2O3/c1-17-10-9-11-18(2)23(17)30-19(3)24(28)27-22-15-8-7-14-21(22)25(29)26-16-20-12-5-4-6-13-20/h4-15,19H,16H2,1-3H3,(H,26,29)(H,27,28). The summed E-state index contributed by atoms with van der Waals surface area (Å²) in [5.41, 5.74) is 3.79. The van der Waals surface area contributed by atoms with Gasteiger partial charge < -0.3 is 15.4 Å². The van der Waals surface area contributed by atoms with Gasteiger partial charge in [-0.05, 0) is 49.6 Å². The average molecular weight is 402 g/mol. The number of amides is 2. The maximum atomic E-state index is 12.7. The molecule has 154 valence electrons. The zero-order valence-corrected chi connectivity index (χ0v) is 17.4. The molecule has 0 saturated carbocycles. The van der Waals surface area contributed by atoms with Crippen molar-refractivity contribution in [3.05, 3.63) is 95.1 Å². The summed E-state index contributed by atoms with van der Waals surface area (Å²) in [6, 6.07) is 22.4. The summed E-state index contributed by atoms with van der Waals surface area (Å²) < 4.78 is 5.90. The molecule has 0 saturated heterocycles. The molecule has 0 bridgehead atoms. The second-order valence-corrected chi connectivity index (χ2v) is 7.18. The molecule has 0 aliphatic rings. The van der Waals surface area contributed by atoms with Crippen LogP contribution in [-0.2, 0) is 11.3 Å². The highest BCUT2D eigenvalue weighted by Crippen LogP contribution is 2.24. The molecule has 0 aromatic heterocycles. The first-order chi connectivity index (χ1) is 14.5. The van der Waals surface area contributed by atoms with Crippen molar-refractivity contribution in [2.75, 3.05) is 5.32 Å². The number of aryl methyl sites for hydroxylation is 2. The topological polar surface area (TPSA) is 67.4 Å². The smallest absolute Gasteiger partial charge is 0.265 e. The van der Waals surface area contributed by atoms with Crippen molar-refractivity contribution in [2.24, 2.45) is 0 Å². The maximum absolute atomic E-state index is 12.7. The third kappa shape index (κ3) is 5.26. The minimum Gasteiger partial charge on any atom is -0.480 e. The summed E-state index contributed by atoms with van der Waals surface area (Å²) in [4.78, 5) is 25.4. The van der Waals surface area contributed by atoms with Crippen molar-refractivity contribution >= 4 is 17.5 Å². The number of carbonyl (C=O) groups is 2. The minimum atomic E-state index is -0.717. The van der Waals surface area contributed by atoms with Gasteiger partial charge in [0.25, 0.3) is 11.8 Å². The van der Waals surface area contributed by atoms with Crippen LogP contribution in [0.3, 0.4) is 0 Å². The third-order valence-corrected chi connectivity index (χ3v) is 4.80. The Bertz CT molecular complexity index is 1010. The molecule has 1 atom stereocenters. The van der Waals surface area contributed by atoms with E-state index >= 15 is 0 Å². The minimum absolute atomic E-state index is 0.252. The first kappa shape index (κ1) is 21.1. The van der Waals surface area contributed by atoms with Gasteiger partial charge in [0.15, 0.2) is 6.10 Å². The lowest BCUT2D eigenvalue weighted by Crippen LogP contribution is -2.32. The number of anilines is 1. The quantitative estimate of drug-likeness (QED) is 0.605. The van der Waals surface area contributed by atoms with Crippen molar-refractivity contribution in [1.29, 1.82) is 0 Å². The zero-order chi connectivity index (χ0) is 21.5. The summed E-state index contributed by atoms with van der Waals surface area (Å²) in [5.74, 6) is 0.132. The van der Waals surface area contributed by atoms with Gasteiger partial charge >= 0.3 is 0 Å². The summed E-state index contributed by atoms with van der Waals surface area (Å²) >= 11 is 0. The van der Waals surface area contributed by atoms with Gasteiger partial charge in [-0.15, -0.1) is 0 Å². The van der Waals surface area contributed by atoms with Crippen molar-refractivity contribution in [1.82, 2.24) is 5.32 Å². The van der Waals surface area contributed by atoms with E-state index in [9.17, 15) is 9.59 Å². The average Bonchev–Trinajstić information content (AvgIpc) is 2.75. The summed E-state index contributed by atoms with van der Waals surface area (Å²) in [6.45, 7) is 5.99. The molecule has 0 heterocycles. The number of ether oxygens (including phenoxy) is 1. The molecule has 1 unspecified atom stereocenters. The highest BCUT2D eigenvalue weighted by molar-refractivity contribution is 6.04. The van der Waals surface area contributed by atoms with E-state index in [4.69, 9.17) is 4.74 Å². The van der Waals surface area contributed by atoms with E-state index in [-0.39, 0.29) is 11.8 Å². The number of hydrogen-bond acceptors (Lipinski definition) is 3. The number of hydrogen-bond donors (Lipinski definition) is 2. The van der Waals surface area contributed by atoms with E-state index in [0.717, 1.165) is 16.7 Å². The molecule has 0 spiro atoms. The highest BCUT2D eigenvalue weighted by atomic mass is 16.5. The van der Waals surface area contributed by atoms with Crippen LogP contribution in [-0.4, -0.2) is 17.9 Å². The van der Waals surface area contributed by atoms with Crippen LogP contribution < -0.4 is 15.4 Å². The Kier molecular flexibility index (Phi) is 6.86. The largest absolute Gasteiger partial charge is 0.480 e. The fourth-order valence-electron chi connectivity index (χ4n) is 3.11.